The van der Waals surface area contributed by atoms with Crippen LogP contribution < -0.4 is 11.1 Å². The van der Waals surface area contributed by atoms with Crippen LogP contribution in [-0.2, 0) is 13.5 Å². The zero-order chi connectivity index (χ0) is 14.7. The van der Waals surface area contributed by atoms with Crippen molar-refractivity contribution in [3.63, 3.8) is 0 Å². The average Bonchev–Trinajstić information content (AvgIpc) is 2.81. The molecule has 0 aliphatic rings. The molecule has 1 aromatic carbocycles. The molecule has 7 heteroatoms. The van der Waals surface area contributed by atoms with E-state index < -0.39 is 23.2 Å². The van der Waals surface area contributed by atoms with Crippen LogP contribution in [-0.4, -0.2) is 22.2 Å². The number of nitrogen functional groups attached to an aromatic ring is 1. The lowest BCUT2D eigenvalue weighted by atomic mass is 10.1. The summed E-state index contributed by atoms with van der Waals surface area (Å²) in [7, 11) is 1.79. The van der Waals surface area contributed by atoms with Crippen molar-refractivity contribution in [1.82, 2.24) is 15.1 Å². The van der Waals surface area contributed by atoms with E-state index in [-0.39, 0.29) is 5.56 Å². The minimum absolute atomic E-state index is 0.0969. The molecule has 0 aliphatic carbocycles. The molecule has 0 spiro atoms. The van der Waals surface area contributed by atoms with E-state index in [0.29, 0.717) is 13.0 Å². The van der Waals surface area contributed by atoms with Gasteiger partial charge in [0, 0.05) is 25.4 Å². The van der Waals surface area contributed by atoms with Gasteiger partial charge in [0.2, 0.25) is 0 Å². The number of nitrogens with two attached hydrogens (primary N) is 1. The SMILES string of the molecule is Cn1cc(CCNC(=O)c2cc(F)c(N)c(F)c2)cn1. The predicted molar refractivity (Wildman–Crippen MR) is 70.0 cm³/mol. The second-order valence-corrected chi connectivity index (χ2v) is 4.38. The van der Waals surface area contributed by atoms with Gasteiger partial charge in [-0.3, -0.25) is 9.48 Å². The molecule has 1 amide bonds. The molecule has 1 aromatic heterocycles. The molecule has 0 saturated carbocycles. The van der Waals surface area contributed by atoms with Gasteiger partial charge in [0.1, 0.15) is 17.3 Å². The summed E-state index contributed by atoms with van der Waals surface area (Å²) in [4.78, 5) is 11.7. The van der Waals surface area contributed by atoms with Crippen LogP contribution >= 0.6 is 0 Å². The number of hydrogen-bond acceptors (Lipinski definition) is 3. The summed E-state index contributed by atoms with van der Waals surface area (Å²) in [6.45, 7) is 0.345. The van der Waals surface area contributed by atoms with Gasteiger partial charge in [-0.15, -0.1) is 0 Å². The summed E-state index contributed by atoms with van der Waals surface area (Å²) < 4.78 is 28.1. The van der Waals surface area contributed by atoms with Crippen molar-refractivity contribution in [2.75, 3.05) is 12.3 Å². The first-order valence-corrected chi connectivity index (χ1v) is 5.97. The number of aryl methyl sites for hydroxylation is 1. The topological polar surface area (TPSA) is 72.9 Å². The molecule has 2 aromatic rings. The monoisotopic (exact) mass is 280 g/mol. The molecule has 20 heavy (non-hydrogen) atoms. The molecule has 0 bridgehead atoms. The summed E-state index contributed by atoms with van der Waals surface area (Å²) >= 11 is 0. The lowest BCUT2D eigenvalue weighted by molar-refractivity contribution is 0.0953. The van der Waals surface area contributed by atoms with Crippen LogP contribution in [0.2, 0.25) is 0 Å². The number of anilines is 1. The molecule has 0 aliphatic heterocycles. The van der Waals surface area contributed by atoms with E-state index in [0.717, 1.165) is 17.7 Å². The van der Waals surface area contributed by atoms with Crippen LogP contribution in [0.5, 0.6) is 0 Å². The van der Waals surface area contributed by atoms with Gasteiger partial charge in [-0.2, -0.15) is 5.10 Å². The summed E-state index contributed by atoms with van der Waals surface area (Å²) in [6, 6.07) is 1.83. The summed E-state index contributed by atoms with van der Waals surface area (Å²) in [6.07, 6.45) is 4.10. The molecule has 0 radical (unpaired) electrons. The van der Waals surface area contributed by atoms with Crippen LogP contribution in [0.1, 0.15) is 15.9 Å². The van der Waals surface area contributed by atoms with Gasteiger partial charge in [0.15, 0.2) is 0 Å². The number of halogens is 2. The number of carbonyl (C=O) groups excluding carboxylic acids is 1. The van der Waals surface area contributed by atoms with Gasteiger partial charge in [-0.25, -0.2) is 8.78 Å². The zero-order valence-electron chi connectivity index (χ0n) is 10.9. The van der Waals surface area contributed by atoms with E-state index in [2.05, 4.69) is 10.4 Å². The Bertz CT molecular complexity index is 616. The fraction of sp³-hybridized carbons (Fsp3) is 0.231. The van der Waals surface area contributed by atoms with E-state index in [1.165, 1.54) is 0 Å². The number of aromatic nitrogens is 2. The Morgan fingerprint density at radius 2 is 2.05 bits per heavy atom. The third-order valence-electron chi connectivity index (χ3n) is 2.80. The minimum Gasteiger partial charge on any atom is -0.394 e. The first-order chi connectivity index (χ1) is 9.47. The normalized spacial score (nSPS) is 10.6. The van der Waals surface area contributed by atoms with Crippen molar-refractivity contribution >= 4 is 11.6 Å². The van der Waals surface area contributed by atoms with Crippen molar-refractivity contribution in [3.05, 3.63) is 47.3 Å². The molecule has 106 valence electrons. The van der Waals surface area contributed by atoms with E-state index in [1.807, 2.05) is 6.20 Å². The third-order valence-corrected chi connectivity index (χ3v) is 2.80. The molecular weight excluding hydrogens is 266 g/mol. The summed E-state index contributed by atoms with van der Waals surface area (Å²) in [5, 5.41) is 6.58. The molecular formula is C13H14F2N4O. The minimum atomic E-state index is -0.942. The fourth-order valence-electron chi connectivity index (χ4n) is 1.74. The van der Waals surface area contributed by atoms with Gasteiger partial charge in [0.25, 0.3) is 5.91 Å². The molecule has 3 N–H and O–H groups in total. The Morgan fingerprint density at radius 3 is 2.60 bits per heavy atom. The van der Waals surface area contributed by atoms with E-state index in [1.54, 1.807) is 17.9 Å². The van der Waals surface area contributed by atoms with Crippen molar-refractivity contribution in [3.8, 4) is 0 Å². The number of nitrogens with zero attached hydrogens (tertiary/aromatic N) is 2. The summed E-state index contributed by atoms with van der Waals surface area (Å²) in [5.74, 6) is -2.43. The standard InChI is InChI=1S/C13H14F2N4O/c1-19-7-8(6-18-19)2-3-17-13(20)9-4-10(14)12(16)11(15)5-9/h4-7H,2-3,16H2,1H3,(H,17,20). The van der Waals surface area contributed by atoms with Crippen LogP contribution in [0.15, 0.2) is 24.5 Å². The highest BCUT2D eigenvalue weighted by Crippen LogP contribution is 2.17. The van der Waals surface area contributed by atoms with Crippen molar-refractivity contribution < 1.29 is 13.6 Å². The molecule has 5 nitrogen and oxygen atoms in total. The maximum Gasteiger partial charge on any atom is 0.251 e. The Hall–Kier alpha value is -2.44. The number of benzene rings is 1. The highest BCUT2D eigenvalue weighted by molar-refractivity contribution is 5.94. The second kappa shape index (κ2) is 5.68. The van der Waals surface area contributed by atoms with Gasteiger partial charge >= 0.3 is 0 Å². The Labute approximate surface area is 114 Å². The number of amides is 1. The largest absolute Gasteiger partial charge is 0.394 e. The Balaban J connectivity index is 1.95. The zero-order valence-corrected chi connectivity index (χ0v) is 10.9. The Morgan fingerprint density at radius 1 is 1.40 bits per heavy atom. The lowest BCUT2D eigenvalue weighted by Gasteiger charge is -2.06. The molecule has 0 fully saturated rings. The smallest absolute Gasteiger partial charge is 0.251 e. The van der Waals surface area contributed by atoms with Crippen LogP contribution in [0.25, 0.3) is 0 Å². The molecule has 0 unspecified atom stereocenters. The second-order valence-electron chi connectivity index (χ2n) is 4.38. The van der Waals surface area contributed by atoms with Crippen LogP contribution in [0.3, 0.4) is 0 Å². The molecule has 0 saturated heterocycles. The average molecular weight is 280 g/mol. The quantitative estimate of drug-likeness (QED) is 0.828. The van der Waals surface area contributed by atoms with Crippen molar-refractivity contribution in [2.24, 2.45) is 7.05 Å². The molecule has 1 heterocycles. The Kier molecular flexibility index (Phi) is 3.97. The number of carbonyl (C=O) groups is 1. The first-order valence-electron chi connectivity index (χ1n) is 5.97. The van der Waals surface area contributed by atoms with Crippen LogP contribution in [0.4, 0.5) is 14.5 Å². The van der Waals surface area contributed by atoms with E-state index >= 15 is 0 Å². The third kappa shape index (κ3) is 3.11. The summed E-state index contributed by atoms with van der Waals surface area (Å²) in [5.41, 5.74) is 5.42. The molecule has 0 atom stereocenters. The number of nitrogens with one attached hydrogen (secondary N) is 1. The van der Waals surface area contributed by atoms with Gasteiger partial charge in [-0.1, -0.05) is 0 Å². The van der Waals surface area contributed by atoms with E-state index in [4.69, 9.17) is 5.73 Å². The van der Waals surface area contributed by atoms with Gasteiger partial charge < -0.3 is 11.1 Å². The maximum absolute atomic E-state index is 13.2. The lowest BCUT2D eigenvalue weighted by Crippen LogP contribution is -2.26. The maximum atomic E-state index is 13.2. The first kappa shape index (κ1) is 14.0. The number of rotatable bonds is 4. The highest BCUT2D eigenvalue weighted by atomic mass is 19.1. The van der Waals surface area contributed by atoms with Gasteiger partial charge in [0.05, 0.1) is 6.20 Å². The van der Waals surface area contributed by atoms with Crippen molar-refractivity contribution in [2.45, 2.75) is 6.42 Å². The van der Waals surface area contributed by atoms with E-state index in [9.17, 15) is 13.6 Å². The fourth-order valence-corrected chi connectivity index (χ4v) is 1.74. The molecule has 2 rings (SSSR count). The van der Waals surface area contributed by atoms with Crippen molar-refractivity contribution in [1.29, 1.82) is 0 Å². The predicted octanol–water partition coefficient (Wildman–Crippen LogP) is 1.25. The van der Waals surface area contributed by atoms with Gasteiger partial charge in [-0.05, 0) is 24.1 Å². The highest BCUT2D eigenvalue weighted by Gasteiger charge is 2.12. The van der Waals surface area contributed by atoms with Crippen LogP contribution in [0, 0.1) is 11.6 Å². The number of hydrogen-bond donors (Lipinski definition) is 2.